The molecule has 0 saturated carbocycles. The Kier molecular flexibility index (Phi) is 6.70. The Morgan fingerprint density at radius 1 is 1.00 bits per heavy atom. The number of hydrogen-bond donors (Lipinski definition) is 0. The number of carbonyl (C=O) groups excluding carboxylic acids is 1. The number of aryl methyl sites for hydroxylation is 1. The first kappa shape index (κ1) is 23.3. The van der Waals surface area contributed by atoms with Crippen molar-refractivity contribution in [2.75, 3.05) is 33.3 Å². The van der Waals surface area contributed by atoms with Crippen LogP contribution >= 0.6 is 11.6 Å². The molecule has 4 aromatic rings. The molecule has 0 atom stereocenters. The van der Waals surface area contributed by atoms with Gasteiger partial charge in [0.05, 0.1) is 12.8 Å². The van der Waals surface area contributed by atoms with Crippen molar-refractivity contribution in [2.24, 2.45) is 0 Å². The van der Waals surface area contributed by atoms with Crippen LogP contribution in [0.15, 0.2) is 60.8 Å². The number of hydrogen-bond acceptors (Lipinski definition) is 5. The van der Waals surface area contributed by atoms with Gasteiger partial charge in [0.15, 0.2) is 5.65 Å². The number of piperazine rings is 1. The molecule has 35 heavy (non-hydrogen) atoms. The van der Waals surface area contributed by atoms with Gasteiger partial charge in [0.1, 0.15) is 12.3 Å². The summed E-state index contributed by atoms with van der Waals surface area (Å²) in [6.07, 6.45) is 1.78. The first-order chi connectivity index (χ1) is 17.0. The molecule has 0 N–H and O–H groups in total. The van der Waals surface area contributed by atoms with E-state index < -0.39 is 0 Å². The van der Waals surface area contributed by atoms with Crippen LogP contribution in [0, 0.1) is 6.92 Å². The average Bonchev–Trinajstić information content (AvgIpc) is 3.21. The summed E-state index contributed by atoms with van der Waals surface area (Å²) in [6.45, 7) is 6.10. The first-order valence-corrected chi connectivity index (χ1v) is 12.1. The van der Waals surface area contributed by atoms with Gasteiger partial charge in [-0.3, -0.25) is 9.69 Å². The van der Waals surface area contributed by atoms with Crippen molar-refractivity contribution in [3.05, 3.63) is 77.1 Å². The zero-order valence-corrected chi connectivity index (χ0v) is 20.7. The highest BCUT2D eigenvalue weighted by Gasteiger charge is 2.23. The van der Waals surface area contributed by atoms with Crippen LogP contribution in [0.4, 0.5) is 0 Å². The minimum absolute atomic E-state index is 0.0668. The molecule has 2 aromatic heterocycles. The van der Waals surface area contributed by atoms with Crippen LogP contribution in [0.1, 0.15) is 11.3 Å². The third-order valence-electron chi connectivity index (χ3n) is 6.54. The van der Waals surface area contributed by atoms with Crippen molar-refractivity contribution in [2.45, 2.75) is 20.0 Å². The quantitative estimate of drug-likeness (QED) is 0.401. The molecule has 8 heteroatoms. The van der Waals surface area contributed by atoms with Crippen LogP contribution in [0.3, 0.4) is 0 Å². The summed E-state index contributed by atoms with van der Waals surface area (Å²) in [7, 11) is 1.66. The predicted molar refractivity (Wildman–Crippen MR) is 138 cm³/mol. The molecule has 0 unspecified atom stereocenters. The summed E-state index contributed by atoms with van der Waals surface area (Å²) in [5.41, 5.74) is 4.92. The van der Waals surface area contributed by atoms with E-state index in [0.717, 1.165) is 58.3 Å². The van der Waals surface area contributed by atoms with Gasteiger partial charge >= 0.3 is 0 Å². The van der Waals surface area contributed by atoms with E-state index in [-0.39, 0.29) is 12.5 Å². The zero-order valence-electron chi connectivity index (χ0n) is 19.9. The molecule has 180 valence electrons. The number of halogens is 1. The van der Waals surface area contributed by atoms with E-state index in [2.05, 4.69) is 27.1 Å². The lowest BCUT2D eigenvalue weighted by molar-refractivity contribution is -0.133. The third kappa shape index (κ3) is 5.01. The Balaban J connectivity index is 1.27. The molecule has 0 radical (unpaired) electrons. The lowest BCUT2D eigenvalue weighted by atomic mass is 10.0. The lowest BCUT2D eigenvalue weighted by Crippen LogP contribution is -2.49. The minimum Gasteiger partial charge on any atom is -0.497 e. The molecular formula is C27H28ClN5O2. The summed E-state index contributed by atoms with van der Waals surface area (Å²) in [5.74, 6) is 0.877. The van der Waals surface area contributed by atoms with Crippen molar-refractivity contribution in [1.29, 1.82) is 0 Å². The molecule has 0 bridgehead atoms. The molecule has 3 heterocycles. The van der Waals surface area contributed by atoms with Gasteiger partial charge in [-0.25, -0.2) is 9.67 Å². The number of carbonyl (C=O) groups is 1. The van der Waals surface area contributed by atoms with E-state index in [4.69, 9.17) is 16.3 Å². The molecule has 1 aliphatic heterocycles. The number of benzene rings is 2. The lowest BCUT2D eigenvalue weighted by Gasteiger charge is -2.34. The summed E-state index contributed by atoms with van der Waals surface area (Å²) in [5, 5.41) is 6.40. The molecule has 0 aliphatic carbocycles. The number of nitrogens with zero attached hydrogens (tertiary/aromatic N) is 5. The monoisotopic (exact) mass is 489 g/mol. The molecule has 1 amide bonds. The highest BCUT2D eigenvalue weighted by Crippen LogP contribution is 2.31. The minimum atomic E-state index is 0.0668. The Morgan fingerprint density at radius 3 is 2.40 bits per heavy atom. The van der Waals surface area contributed by atoms with Crippen molar-refractivity contribution in [1.82, 2.24) is 24.6 Å². The predicted octanol–water partition coefficient (Wildman–Crippen LogP) is 4.41. The second-order valence-electron chi connectivity index (χ2n) is 8.81. The second-order valence-corrected chi connectivity index (χ2v) is 9.25. The number of methoxy groups -OCH3 is 1. The van der Waals surface area contributed by atoms with Gasteiger partial charge < -0.3 is 9.64 Å². The largest absolute Gasteiger partial charge is 0.497 e. The molecule has 0 spiro atoms. The number of fused-ring (bicyclic) bond motifs is 1. The number of rotatable bonds is 6. The summed E-state index contributed by atoms with van der Waals surface area (Å²) in [4.78, 5) is 22.0. The van der Waals surface area contributed by atoms with E-state index in [9.17, 15) is 4.79 Å². The van der Waals surface area contributed by atoms with Crippen molar-refractivity contribution in [3.63, 3.8) is 0 Å². The maximum Gasteiger partial charge on any atom is 0.244 e. The average molecular weight is 490 g/mol. The van der Waals surface area contributed by atoms with Crippen LogP contribution in [0.2, 0.25) is 5.02 Å². The van der Waals surface area contributed by atoms with Crippen LogP contribution in [-0.4, -0.2) is 63.8 Å². The third-order valence-corrected chi connectivity index (χ3v) is 6.79. The number of aromatic nitrogens is 3. The smallest absolute Gasteiger partial charge is 0.244 e. The first-order valence-electron chi connectivity index (χ1n) is 11.7. The Labute approximate surface area is 209 Å². The molecule has 1 aliphatic rings. The van der Waals surface area contributed by atoms with Crippen molar-refractivity contribution >= 4 is 28.5 Å². The Morgan fingerprint density at radius 2 is 1.71 bits per heavy atom. The van der Waals surface area contributed by atoms with E-state index in [1.807, 2.05) is 54.3 Å². The Bertz CT molecular complexity index is 1330. The van der Waals surface area contributed by atoms with Crippen LogP contribution in [0.25, 0.3) is 22.2 Å². The fraction of sp³-hybridized carbons (Fsp3) is 0.296. The maximum absolute atomic E-state index is 13.1. The normalized spacial score (nSPS) is 14.4. The highest BCUT2D eigenvalue weighted by atomic mass is 35.5. The number of amides is 1. The SMILES string of the molecule is COc1ccc(-c2ccnc3c2c(C)nn3CC(=O)N2CCN(Cc3ccc(Cl)cc3)CC2)cc1. The molecular weight excluding hydrogens is 462 g/mol. The van der Waals surface area contributed by atoms with Gasteiger partial charge in [0, 0.05) is 49.3 Å². The van der Waals surface area contributed by atoms with Gasteiger partial charge in [0.2, 0.25) is 5.91 Å². The molecule has 2 aromatic carbocycles. The van der Waals surface area contributed by atoms with E-state index in [1.165, 1.54) is 5.56 Å². The molecule has 1 saturated heterocycles. The van der Waals surface area contributed by atoms with Gasteiger partial charge in [-0.05, 0) is 53.9 Å². The van der Waals surface area contributed by atoms with Gasteiger partial charge in [0.25, 0.3) is 0 Å². The standard InChI is InChI=1S/C27H28ClN5O2/c1-19-26-24(21-5-9-23(35-2)10-6-21)11-12-29-27(26)33(30-19)18-25(34)32-15-13-31(14-16-32)17-20-3-7-22(28)8-4-20/h3-12H,13-18H2,1-2H3. The van der Waals surface area contributed by atoms with Gasteiger partial charge in [-0.1, -0.05) is 35.9 Å². The number of pyridine rings is 1. The van der Waals surface area contributed by atoms with Crippen molar-refractivity contribution < 1.29 is 9.53 Å². The molecule has 7 nitrogen and oxygen atoms in total. The van der Waals surface area contributed by atoms with E-state index in [0.29, 0.717) is 13.1 Å². The fourth-order valence-electron chi connectivity index (χ4n) is 4.63. The maximum atomic E-state index is 13.1. The van der Waals surface area contributed by atoms with E-state index in [1.54, 1.807) is 18.0 Å². The summed E-state index contributed by atoms with van der Waals surface area (Å²) in [6, 6.07) is 17.9. The zero-order chi connectivity index (χ0) is 24.4. The van der Waals surface area contributed by atoms with Gasteiger partial charge in [-0.2, -0.15) is 5.10 Å². The Hall–Kier alpha value is -3.42. The molecule has 1 fully saturated rings. The topological polar surface area (TPSA) is 63.5 Å². The van der Waals surface area contributed by atoms with E-state index >= 15 is 0 Å². The van der Waals surface area contributed by atoms with Gasteiger partial charge in [-0.15, -0.1) is 0 Å². The molecule has 5 rings (SSSR count). The fourth-order valence-corrected chi connectivity index (χ4v) is 4.76. The summed E-state index contributed by atoms with van der Waals surface area (Å²) < 4.78 is 7.02. The highest BCUT2D eigenvalue weighted by molar-refractivity contribution is 6.30. The summed E-state index contributed by atoms with van der Waals surface area (Å²) >= 11 is 5.99. The number of ether oxygens (including phenoxy) is 1. The van der Waals surface area contributed by atoms with Crippen molar-refractivity contribution in [3.8, 4) is 16.9 Å². The van der Waals surface area contributed by atoms with Crippen LogP contribution in [0.5, 0.6) is 5.75 Å². The second kappa shape index (κ2) is 10.1. The van der Waals surface area contributed by atoms with Crippen LogP contribution in [-0.2, 0) is 17.9 Å². The van der Waals surface area contributed by atoms with Crippen LogP contribution < -0.4 is 4.74 Å².